The van der Waals surface area contributed by atoms with Crippen molar-refractivity contribution in [1.82, 2.24) is 14.8 Å². The normalized spacial score (nSPS) is 12.5. The molecule has 5 heteroatoms. The molecule has 6 aromatic carbocycles. The zero-order valence-electron chi connectivity index (χ0n) is 39.5. The van der Waals surface area contributed by atoms with E-state index < -0.39 is 0 Å². The van der Waals surface area contributed by atoms with Crippen LogP contribution in [0.5, 0.6) is 11.5 Å². The minimum absolute atomic E-state index is 0.578. The summed E-state index contributed by atoms with van der Waals surface area (Å²) in [5, 5.41) is 9.53. The molecule has 2 atom stereocenters. The van der Waals surface area contributed by atoms with Crippen molar-refractivity contribution < 1.29 is 9.47 Å². The van der Waals surface area contributed by atoms with Crippen molar-refractivity contribution in [3.63, 3.8) is 0 Å². The average Bonchev–Trinajstić information content (AvgIpc) is 3.79. The van der Waals surface area contributed by atoms with E-state index in [0.717, 1.165) is 99.4 Å². The third-order valence-electron chi connectivity index (χ3n) is 12.6. The number of ether oxygens (including phenoxy) is 2. The second-order valence-corrected chi connectivity index (χ2v) is 17.5. The Bertz CT molecular complexity index is 2620. The Morgan fingerprint density at radius 3 is 1.54 bits per heavy atom. The predicted octanol–water partition coefficient (Wildman–Crippen LogP) is 16.4. The SMILES string of the molecule is CCCCC(CC)COc1cccc(C=Cc2cc(-c3ccc(-c4nnc(-c5ccc(C)cc5)n4-c4ccccc4)cc3)c(C=Cc3cccc(OCC(CC)CCCC)c3)cc2C)c1. The molecule has 0 aliphatic rings. The van der Waals surface area contributed by atoms with E-state index in [-0.39, 0.29) is 0 Å². The molecule has 0 fully saturated rings. The molecule has 0 saturated heterocycles. The molecule has 2 unspecified atom stereocenters. The molecule has 1 heterocycles. The van der Waals surface area contributed by atoms with E-state index in [4.69, 9.17) is 19.7 Å². The first kappa shape index (κ1) is 46.5. The molecule has 0 spiro atoms. The summed E-state index contributed by atoms with van der Waals surface area (Å²) in [7, 11) is 0. The summed E-state index contributed by atoms with van der Waals surface area (Å²) in [5.74, 6) is 4.60. The quantitative estimate of drug-likeness (QED) is 0.0637. The van der Waals surface area contributed by atoms with Gasteiger partial charge in [0.05, 0.1) is 13.2 Å². The van der Waals surface area contributed by atoms with Gasteiger partial charge in [-0.2, -0.15) is 0 Å². The summed E-state index contributed by atoms with van der Waals surface area (Å²) in [6.07, 6.45) is 18.5. The number of benzene rings is 6. The van der Waals surface area contributed by atoms with E-state index in [9.17, 15) is 0 Å². The van der Waals surface area contributed by atoms with Gasteiger partial charge in [-0.25, -0.2) is 0 Å². The van der Waals surface area contributed by atoms with Crippen molar-refractivity contribution >= 4 is 24.3 Å². The van der Waals surface area contributed by atoms with Crippen molar-refractivity contribution in [3.05, 3.63) is 173 Å². The number of unbranched alkanes of at least 4 members (excludes halogenated alkanes) is 2. The highest BCUT2D eigenvalue weighted by molar-refractivity contribution is 5.85. The maximum absolute atomic E-state index is 6.35. The molecule has 7 aromatic rings. The van der Waals surface area contributed by atoms with Crippen LogP contribution in [0, 0.1) is 25.7 Å². The Balaban J connectivity index is 1.21. The van der Waals surface area contributed by atoms with Crippen molar-refractivity contribution in [2.45, 2.75) is 92.9 Å². The lowest BCUT2D eigenvalue weighted by molar-refractivity contribution is 0.233. The second kappa shape index (κ2) is 23.5. The maximum atomic E-state index is 6.35. The van der Waals surface area contributed by atoms with Gasteiger partial charge in [0.2, 0.25) is 0 Å². The minimum atomic E-state index is 0.578. The molecule has 5 nitrogen and oxygen atoms in total. The molecule has 7 rings (SSSR count). The van der Waals surface area contributed by atoms with Crippen LogP contribution in [0.4, 0.5) is 0 Å². The molecule has 334 valence electrons. The van der Waals surface area contributed by atoms with E-state index in [0.29, 0.717) is 11.8 Å². The Labute approximate surface area is 388 Å². The van der Waals surface area contributed by atoms with Crippen LogP contribution in [0.2, 0.25) is 0 Å². The average molecular weight is 862 g/mol. The number of rotatable bonds is 22. The Morgan fingerprint density at radius 1 is 0.508 bits per heavy atom. The largest absolute Gasteiger partial charge is 0.493 e. The first-order chi connectivity index (χ1) is 31.8. The fraction of sp³-hybridized carbons (Fsp3) is 0.300. The first-order valence-corrected chi connectivity index (χ1v) is 24.0. The molecule has 0 N–H and O–H groups in total. The molecule has 0 saturated carbocycles. The van der Waals surface area contributed by atoms with Gasteiger partial charge in [-0.05, 0) is 120 Å². The Kier molecular flexibility index (Phi) is 16.8. The molecular weight excluding hydrogens is 795 g/mol. The van der Waals surface area contributed by atoms with Crippen LogP contribution >= 0.6 is 0 Å². The summed E-state index contributed by atoms with van der Waals surface area (Å²) >= 11 is 0. The van der Waals surface area contributed by atoms with Crippen LogP contribution in [-0.4, -0.2) is 28.0 Å². The lowest BCUT2D eigenvalue weighted by atomic mass is 9.92. The highest BCUT2D eigenvalue weighted by Gasteiger charge is 2.18. The van der Waals surface area contributed by atoms with Crippen molar-refractivity contribution in [3.8, 4) is 51.1 Å². The number of nitrogens with zero attached hydrogens (tertiary/aromatic N) is 3. The first-order valence-electron chi connectivity index (χ1n) is 24.0. The summed E-state index contributed by atoms with van der Waals surface area (Å²) in [4.78, 5) is 0. The van der Waals surface area contributed by atoms with E-state index in [1.807, 2.05) is 6.07 Å². The fourth-order valence-electron chi connectivity index (χ4n) is 8.31. The predicted molar refractivity (Wildman–Crippen MR) is 275 cm³/mol. The topological polar surface area (TPSA) is 49.2 Å². The Hall–Kier alpha value is -6.46. The van der Waals surface area contributed by atoms with Gasteiger partial charge in [0.25, 0.3) is 0 Å². The Morgan fingerprint density at radius 2 is 1.02 bits per heavy atom. The third kappa shape index (κ3) is 12.6. The van der Waals surface area contributed by atoms with Crippen molar-refractivity contribution in [1.29, 1.82) is 0 Å². The third-order valence-corrected chi connectivity index (χ3v) is 12.6. The van der Waals surface area contributed by atoms with Gasteiger partial charge in [-0.1, -0.05) is 193 Å². The van der Waals surface area contributed by atoms with Gasteiger partial charge in [0, 0.05) is 16.8 Å². The summed E-state index contributed by atoms with van der Waals surface area (Å²) in [5.41, 5.74) is 12.2. The lowest BCUT2D eigenvalue weighted by Crippen LogP contribution is -2.11. The lowest BCUT2D eigenvalue weighted by Gasteiger charge is -2.16. The van der Waals surface area contributed by atoms with E-state index in [1.54, 1.807) is 0 Å². The molecule has 0 aliphatic heterocycles. The number of aryl methyl sites for hydroxylation is 2. The summed E-state index contributed by atoms with van der Waals surface area (Å²) in [6.45, 7) is 14.9. The van der Waals surface area contributed by atoms with Gasteiger partial charge in [-0.15, -0.1) is 10.2 Å². The van der Waals surface area contributed by atoms with Crippen LogP contribution in [0.25, 0.3) is 63.9 Å². The fourth-order valence-corrected chi connectivity index (χ4v) is 8.31. The van der Waals surface area contributed by atoms with Gasteiger partial charge in [0.15, 0.2) is 11.6 Å². The standard InChI is InChI=1S/C60H67N3O2/c1-7-11-18-46(9-3)42-64-56-24-16-20-48(39-56)28-32-53-41-58(54(38-45(53)6)33-29-49-21-17-25-57(40-49)65-43-47(10-4)19-12-8-2)50-34-36-52(37-35-50)60-62-61-59(51-30-26-44(5)27-31-51)63(60)55-22-14-13-15-23-55/h13-17,20-41,46-47H,7-12,18-19,42-43H2,1-6H3. The molecule has 0 amide bonds. The van der Waals surface area contributed by atoms with Crippen LogP contribution in [-0.2, 0) is 0 Å². The van der Waals surface area contributed by atoms with Crippen molar-refractivity contribution in [2.75, 3.05) is 13.2 Å². The number of aromatic nitrogens is 3. The van der Waals surface area contributed by atoms with Gasteiger partial charge in [0.1, 0.15) is 11.5 Å². The van der Waals surface area contributed by atoms with E-state index in [2.05, 4.69) is 204 Å². The molecule has 0 aliphatic carbocycles. The van der Waals surface area contributed by atoms with Gasteiger partial charge in [-0.3, -0.25) is 4.57 Å². The van der Waals surface area contributed by atoms with Crippen LogP contribution in [0.3, 0.4) is 0 Å². The second-order valence-electron chi connectivity index (χ2n) is 17.5. The number of hydrogen-bond donors (Lipinski definition) is 0. The van der Waals surface area contributed by atoms with Gasteiger partial charge < -0.3 is 9.47 Å². The van der Waals surface area contributed by atoms with Crippen LogP contribution < -0.4 is 9.47 Å². The maximum Gasteiger partial charge on any atom is 0.168 e. The van der Waals surface area contributed by atoms with Crippen molar-refractivity contribution in [2.24, 2.45) is 11.8 Å². The number of hydrogen-bond acceptors (Lipinski definition) is 4. The molecule has 1 aromatic heterocycles. The van der Waals surface area contributed by atoms with E-state index >= 15 is 0 Å². The monoisotopic (exact) mass is 862 g/mol. The highest BCUT2D eigenvalue weighted by Crippen LogP contribution is 2.34. The van der Waals surface area contributed by atoms with Crippen LogP contribution in [0.15, 0.2) is 140 Å². The number of para-hydroxylation sites is 1. The van der Waals surface area contributed by atoms with Gasteiger partial charge >= 0.3 is 0 Å². The highest BCUT2D eigenvalue weighted by atomic mass is 16.5. The summed E-state index contributed by atoms with van der Waals surface area (Å²) in [6, 6.07) is 49.1. The molecule has 65 heavy (non-hydrogen) atoms. The van der Waals surface area contributed by atoms with E-state index in [1.165, 1.54) is 49.7 Å². The summed E-state index contributed by atoms with van der Waals surface area (Å²) < 4.78 is 14.8. The zero-order chi connectivity index (χ0) is 45.4. The minimum Gasteiger partial charge on any atom is -0.493 e. The smallest absolute Gasteiger partial charge is 0.168 e. The molecule has 0 radical (unpaired) electrons. The molecular formula is C60H67N3O2. The zero-order valence-corrected chi connectivity index (χ0v) is 39.5. The molecule has 0 bridgehead atoms. The van der Waals surface area contributed by atoms with Crippen LogP contribution in [0.1, 0.15) is 112 Å².